The third-order valence-corrected chi connectivity index (χ3v) is 4.14. The molecule has 3 aromatic rings. The molecule has 0 fully saturated rings. The predicted octanol–water partition coefficient (Wildman–Crippen LogP) is 4.41. The van der Waals surface area contributed by atoms with Gasteiger partial charge in [0.2, 0.25) is 0 Å². The molecule has 0 amide bonds. The Balaban J connectivity index is 1.79. The molecule has 27 heavy (non-hydrogen) atoms. The molecular weight excluding hydrogens is 338 g/mol. The molecule has 140 valence electrons. The first-order valence-electron chi connectivity index (χ1n) is 9.26. The molecule has 5 nitrogen and oxygen atoms in total. The highest BCUT2D eigenvalue weighted by molar-refractivity contribution is 5.95. The summed E-state index contributed by atoms with van der Waals surface area (Å²) < 4.78 is 5.38. The SMILES string of the molecule is Cc1ccc(CCNc2nc3ccccc3nc2C(=O)OCC(C)C)cc1. The summed E-state index contributed by atoms with van der Waals surface area (Å²) in [6.07, 6.45) is 0.829. The number of hydrogen-bond donors (Lipinski definition) is 1. The average molecular weight is 363 g/mol. The molecule has 1 aromatic heterocycles. The van der Waals surface area contributed by atoms with E-state index in [0.29, 0.717) is 24.5 Å². The fraction of sp³-hybridized carbons (Fsp3) is 0.318. The molecule has 1 N–H and O–H groups in total. The summed E-state index contributed by atoms with van der Waals surface area (Å²) in [5, 5.41) is 3.26. The van der Waals surface area contributed by atoms with Crippen molar-refractivity contribution in [3.05, 3.63) is 65.4 Å². The Kier molecular flexibility index (Phi) is 6.01. The molecule has 0 aliphatic rings. The third kappa shape index (κ3) is 5.03. The molecule has 5 heteroatoms. The van der Waals surface area contributed by atoms with Crippen molar-refractivity contribution in [1.82, 2.24) is 9.97 Å². The van der Waals surface area contributed by atoms with Gasteiger partial charge in [0, 0.05) is 6.54 Å². The zero-order chi connectivity index (χ0) is 19.2. The standard InChI is InChI=1S/C22H25N3O2/c1-15(2)14-27-22(26)20-21(25-19-7-5-4-6-18(19)24-20)23-13-12-17-10-8-16(3)9-11-17/h4-11,15H,12-14H2,1-3H3,(H,23,25). The minimum atomic E-state index is -0.445. The number of carbonyl (C=O) groups excluding carboxylic acids is 1. The lowest BCUT2D eigenvalue weighted by molar-refractivity contribution is 0.0453. The molecule has 0 saturated heterocycles. The monoisotopic (exact) mass is 363 g/mol. The first kappa shape index (κ1) is 18.8. The van der Waals surface area contributed by atoms with Crippen LogP contribution in [0.2, 0.25) is 0 Å². The Labute approximate surface area is 159 Å². The number of carbonyl (C=O) groups is 1. The van der Waals surface area contributed by atoms with Gasteiger partial charge in [-0.15, -0.1) is 0 Å². The second-order valence-corrected chi connectivity index (χ2v) is 7.06. The van der Waals surface area contributed by atoms with Crippen LogP contribution in [0.1, 0.15) is 35.5 Å². The van der Waals surface area contributed by atoms with E-state index >= 15 is 0 Å². The van der Waals surface area contributed by atoms with E-state index in [2.05, 4.69) is 46.5 Å². The predicted molar refractivity (Wildman–Crippen MR) is 108 cm³/mol. The molecular formula is C22H25N3O2. The van der Waals surface area contributed by atoms with Crippen molar-refractivity contribution < 1.29 is 9.53 Å². The molecule has 0 unspecified atom stereocenters. The van der Waals surface area contributed by atoms with E-state index in [1.54, 1.807) is 0 Å². The van der Waals surface area contributed by atoms with E-state index in [-0.39, 0.29) is 11.6 Å². The summed E-state index contributed by atoms with van der Waals surface area (Å²) in [6, 6.07) is 15.9. The van der Waals surface area contributed by atoms with Crippen LogP contribution in [0.15, 0.2) is 48.5 Å². The maximum atomic E-state index is 12.5. The average Bonchev–Trinajstić information content (AvgIpc) is 2.67. The highest BCUT2D eigenvalue weighted by Gasteiger charge is 2.18. The number of hydrogen-bond acceptors (Lipinski definition) is 5. The van der Waals surface area contributed by atoms with Crippen molar-refractivity contribution in [2.75, 3.05) is 18.5 Å². The van der Waals surface area contributed by atoms with E-state index in [1.165, 1.54) is 11.1 Å². The maximum Gasteiger partial charge on any atom is 0.360 e. The second-order valence-electron chi connectivity index (χ2n) is 7.06. The smallest absolute Gasteiger partial charge is 0.360 e. The van der Waals surface area contributed by atoms with Gasteiger partial charge in [-0.1, -0.05) is 55.8 Å². The lowest BCUT2D eigenvalue weighted by atomic mass is 10.1. The van der Waals surface area contributed by atoms with Gasteiger partial charge < -0.3 is 10.1 Å². The van der Waals surface area contributed by atoms with Gasteiger partial charge in [-0.25, -0.2) is 14.8 Å². The summed E-state index contributed by atoms with van der Waals surface area (Å²) in [6.45, 7) is 7.08. The van der Waals surface area contributed by atoms with E-state index < -0.39 is 5.97 Å². The van der Waals surface area contributed by atoms with Crippen molar-refractivity contribution in [1.29, 1.82) is 0 Å². The first-order chi connectivity index (χ1) is 13.0. The molecule has 0 aliphatic heterocycles. The van der Waals surface area contributed by atoms with Gasteiger partial charge >= 0.3 is 5.97 Å². The number of rotatable bonds is 7. The summed E-state index contributed by atoms with van der Waals surface area (Å²) in [5.74, 6) is 0.287. The Hall–Kier alpha value is -2.95. The number of esters is 1. The number of aromatic nitrogens is 2. The van der Waals surface area contributed by atoms with Crippen molar-refractivity contribution >= 4 is 22.8 Å². The topological polar surface area (TPSA) is 64.1 Å². The van der Waals surface area contributed by atoms with Gasteiger partial charge in [-0.05, 0) is 37.0 Å². The molecule has 0 atom stereocenters. The van der Waals surface area contributed by atoms with E-state index in [9.17, 15) is 4.79 Å². The van der Waals surface area contributed by atoms with Crippen molar-refractivity contribution in [3.63, 3.8) is 0 Å². The largest absolute Gasteiger partial charge is 0.461 e. The van der Waals surface area contributed by atoms with Gasteiger partial charge in [0.1, 0.15) is 0 Å². The molecule has 3 rings (SSSR count). The fourth-order valence-corrected chi connectivity index (χ4v) is 2.66. The number of para-hydroxylation sites is 2. The summed E-state index contributed by atoms with van der Waals surface area (Å²) in [5.41, 5.74) is 4.13. The number of fused-ring (bicyclic) bond motifs is 1. The summed E-state index contributed by atoms with van der Waals surface area (Å²) >= 11 is 0. The Morgan fingerprint density at radius 3 is 2.37 bits per heavy atom. The number of aryl methyl sites for hydroxylation is 1. The molecule has 1 heterocycles. The first-order valence-corrected chi connectivity index (χ1v) is 9.26. The zero-order valence-electron chi connectivity index (χ0n) is 16.0. The molecule has 2 aromatic carbocycles. The van der Waals surface area contributed by atoms with Crippen LogP contribution in [0.4, 0.5) is 5.82 Å². The highest BCUT2D eigenvalue weighted by Crippen LogP contribution is 2.18. The van der Waals surface area contributed by atoms with Crippen LogP contribution in [0, 0.1) is 12.8 Å². The number of anilines is 1. The fourth-order valence-electron chi connectivity index (χ4n) is 2.66. The minimum Gasteiger partial charge on any atom is -0.461 e. The van der Waals surface area contributed by atoms with Crippen molar-refractivity contribution in [3.8, 4) is 0 Å². The van der Waals surface area contributed by atoms with Crippen LogP contribution in [0.5, 0.6) is 0 Å². The van der Waals surface area contributed by atoms with E-state index in [0.717, 1.165) is 11.9 Å². The van der Waals surface area contributed by atoms with Crippen LogP contribution in [0.25, 0.3) is 11.0 Å². The number of ether oxygens (including phenoxy) is 1. The highest BCUT2D eigenvalue weighted by atomic mass is 16.5. The van der Waals surface area contributed by atoms with Crippen LogP contribution in [-0.4, -0.2) is 29.1 Å². The quantitative estimate of drug-likeness (QED) is 0.630. The second kappa shape index (κ2) is 8.62. The molecule has 0 saturated carbocycles. The number of nitrogens with zero attached hydrogens (tertiary/aromatic N) is 2. The van der Waals surface area contributed by atoms with Crippen molar-refractivity contribution in [2.24, 2.45) is 5.92 Å². The maximum absolute atomic E-state index is 12.5. The number of nitrogens with one attached hydrogen (secondary N) is 1. The normalized spacial score (nSPS) is 11.0. The van der Waals surface area contributed by atoms with E-state index in [1.807, 2.05) is 38.1 Å². The van der Waals surface area contributed by atoms with Gasteiger partial charge in [0.05, 0.1) is 17.6 Å². The summed E-state index contributed by atoms with van der Waals surface area (Å²) in [7, 11) is 0. The molecule has 0 spiro atoms. The van der Waals surface area contributed by atoms with Crippen LogP contribution >= 0.6 is 0 Å². The van der Waals surface area contributed by atoms with Gasteiger partial charge in [-0.3, -0.25) is 0 Å². The number of benzene rings is 2. The van der Waals surface area contributed by atoms with Gasteiger partial charge in [0.25, 0.3) is 0 Å². The minimum absolute atomic E-state index is 0.234. The summed E-state index contributed by atoms with van der Waals surface area (Å²) in [4.78, 5) is 21.6. The Bertz CT molecular complexity index is 920. The lowest BCUT2D eigenvalue weighted by Crippen LogP contribution is -2.17. The lowest BCUT2D eigenvalue weighted by Gasteiger charge is -2.12. The van der Waals surface area contributed by atoms with Gasteiger partial charge in [-0.2, -0.15) is 0 Å². The third-order valence-electron chi connectivity index (χ3n) is 4.14. The Morgan fingerprint density at radius 1 is 1.04 bits per heavy atom. The Morgan fingerprint density at radius 2 is 1.70 bits per heavy atom. The molecule has 0 aliphatic carbocycles. The van der Waals surface area contributed by atoms with E-state index in [4.69, 9.17) is 4.74 Å². The molecule has 0 bridgehead atoms. The van der Waals surface area contributed by atoms with Crippen LogP contribution in [0.3, 0.4) is 0 Å². The van der Waals surface area contributed by atoms with Crippen molar-refractivity contribution in [2.45, 2.75) is 27.2 Å². The van der Waals surface area contributed by atoms with Crippen LogP contribution < -0.4 is 5.32 Å². The molecule has 0 radical (unpaired) electrons. The van der Waals surface area contributed by atoms with Crippen LogP contribution in [-0.2, 0) is 11.2 Å². The zero-order valence-corrected chi connectivity index (χ0v) is 16.0. The van der Waals surface area contributed by atoms with Gasteiger partial charge in [0.15, 0.2) is 11.5 Å².